The van der Waals surface area contributed by atoms with Gasteiger partial charge in [-0.05, 0) is 17.7 Å². The summed E-state index contributed by atoms with van der Waals surface area (Å²) in [7, 11) is 1.32. The van der Waals surface area contributed by atoms with Crippen LogP contribution in [0.15, 0.2) is 34.3 Å². The zero-order chi connectivity index (χ0) is 13.3. The average Bonchev–Trinajstić information content (AvgIpc) is 2.34. The van der Waals surface area contributed by atoms with E-state index in [1.165, 1.54) is 13.1 Å². The van der Waals surface area contributed by atoms with Crippen molar-refractivity contribution in [2.24, 2.45) is 0 Å². The number of halogens is 1. The number of carbonyl (C=O) groups is 3. The molecule has 1 fully saturated rings. The highest BCUT2D eigenvalue weighted by molar-refractivity contribution is 9.10. The van der Waals surface area contributed by atoms with Gasteiger partial charge in [-0.1, -0.05) is 34.1 Å². The fourth-order valence-electron chi connectivity index (χ4n) is 1.49. The highest BCUT2D eigenvalue weighted by atomic mass is 79.9. The van der Waals surface area contributed by atoms with E-state index in [0.29, 0.717) is 5.56 Å². The Labute approximate surface area is 112 Å². The molecule has 0 unspecified atom stereocenters. The minimum Gasteiger partial charge on any atom is -0.273 e. The predicted molar refractivity (Wildman–Crippen MR) is 68.4 cm³/mol. The Morgan fingerprint density at radius 2 is 1.89 bits per heavy atom. The number of likely N-dealkylation sites (N-methyl/N-ethyl adjacent to an activating group) is 1. The molecule has 1 aliphatic rings. The maximum absolute atomic E-state index is 11.8. The van der Waals surface area contributed by atoms with Gasteiger partial charge >= 0.3 is 6.03 Å². The van der Waals surface area contributed by atoms with Gasteiger partial charge in [-0.3, -0.25) is 19.8 Å². The zero-order valence-electron chi connectivity index (χ0n) is 9.44. The Kier molecular flexibility index (Phi) is 3.29. The lowest BCUT2D eigenvalue weighted by molar-refractivity contribution is -0.129. The summed E-state index contributed by atoms with van der Waals surface area (Å²) in [6.07, 6.45) is 1.45. The number of carbonyl (C=O) groups excluding carboxylic acids is 3. The molecular weight excluding hydrogens is 300 g/mol. The number of rotatable bonds is 1. The SMILES string of the molecule is CN1C(=O)NC(=O)C(=Cc2ccccc2Br)C1=O. The van der Waals surface area contributed by atoms with Crippen molar-refractivity contribution < 1.29 is 14.4 Å². The van der Waals surface area contributed by atoms with Gasteiger partial charge in [0.05, 0.1) is 0 Å². The molecule has 0 atom stereocenters. The van der Waals surface area contributed by atoms with E-state index in [-0.39, 0.29) is 5.57 Å². The number of hydrogen-bond acceptors (Lipinski definition) is 3. The Hall–Kier alpha value is -1.95. The van der Waals surface area contributed by atoms with Crippen LogP contribution in [-0.2, 0) is 9.59 Å². The summed E-state index contributed by atoms with van der Waals surface area (Å²) in [5, 5.41) is 2.09. The number of hydrogen-bond donors (Lipinski definition) is 1. The summed E-state index contributed by atoms with van der Waals surface area (Å²) in [4.78, 5) is 35.5. The van der Waals surface area contributed by atoms with Crippen LogP contribution in [0.5, 0.6) is 0 Å². The maximum Gasteiger partial charge on any atom is 0.331 e. The second kappa shape index (κ2) is 4.73. The van der Waals surface area contributed by atoms with Crippen LogP contribution < -0.4 is 5.32 Å². The van der Waals surface area contributed by atoms with Crippen molar-refractivity contribution >= 4 is 39.9 Å². The molecule has 1 heterocycles. The third-order valence-electron chi connectivity index (χ3n) is 2.51. The van der Waals surface area contributed by atoms with Gasteiger partial charge in [0, 0.05) is 11.5 Å². The summed E-state index contributed by atoms with van der Waals surface area (Å²) in [6, 6.07) is 6.46. The van der Waals surface area contributed by atoms with Gasteiger partial charge in [-0.2, -0.15) is 0 Å². The van der Waals surface area contributed by atoms with Crippen LogP contribution in [-0.4, -0.2) is 29.8 Å². The number of urea groups is 1. The largest absolute Gasteiger partial charge is 0.331 e. The number of nitrogens with zero attached hydrogens (tertiary/aromatic N) is 1. The second-order valence-corrected chi connectivity index (χ2v) is 4.56. The van der Waals surface area contributed by atoms with Gasteiger partial charge in [-0.15, -0.1) is 0 Å². The summed E-state index contributed by atoms with van der Waals surface area (Å²) in [5.41, 5.74) is 0.628. The first kappa shape index (κ1) is 12.5. The van der Waals surface area contributed by atoms with Gasteiger partial charge in [0.2, 0.25) is 0 Å². The van der Waals surface area contributed by atoms with Crippen molar-refractivity contribution in [3.8, 4) is 0 Å². The normalized spacial score (nSPS) is 18.2. The number of nitrogens with one attached hydrogen (secondary N) is 1. The van der Waals surface area contributed by atoms with Gasteiger partial charge in [-0.25, -0.2) is 4.79 Å². The van der Waals surface area contributed by atoms with Crippen LogP contribution in [0.3, 0.4) is 0 Å². The predicted octanol–water partition coefficient (Wildman–Crippen LogP) is 1.54. The van der Waals surface area contributed by atoms with Crippen molar-refractivity contribution in [1.82, 2.24) is 10.2 Å². The van der Waals surface area contributed by atoms with E-state index in [1.807, 2.05) is 6.07 Å². The van der Waals surface area contributed by atoms with Crippen LogP contribution in [0.2, 0.25) is 0 Å². The molecule has 1 aromatic rings. The highest BCUT2D eigenvalue weighted by Crippen LogP contribution is 2.20. The van der Waals surface area contributed by atoms with E-state index >= 15 is 0 Å². The van der Waals surface area contributed by atoms with Crippen LogP contribution in [0.1, 0.15) is 5.56 Å². The van der Waals surface area contributed by atoms with Gasteiger partial charge in [0.15, 0.2) is 0 Å². The number of amides is 4. The Bertz CT molecular complexity index is 580. The molecule has 0 radical (unpaired) electrons. The Morgan fingerprint density at radius 1 is 1.22 bits per heavy atom. The first-order valence-electron chi connectivity index (χ1n) is 5.10. The third kappa shape index (κ3) is 2.19. The van der Waals surface area contributed by atoms with E-state index < -0.39 is 17.8 Å². The summed E-state index contributed by atoms with van der Waals surface area (Å²) in [5.74, 6) is -1.29. The molecule has 1 N–H and O–H groups in total. The van der Waals surface area contributed by atoms with E-state index in [9.17, 15) is 14.4 Å². The molecule has 1 aromatic carbocycles. The summed E-state index contributed by atoms with van der Waals surface area (Å²) >= 11 is 3.32. The van der Waals surface area contributed by atoms with Gasteiger partial charge in [0.1, 0.15) is 5.57 Å². The van der Waals surface area contributed by atoms with Gasteiger partial charge < -0.3 is 0 Å². The lowest BCUT2D eigenvalue weighted by atomic mass is 10.1. The first-order chi connectivity index (χ1) is 8.50. The van der Waals surface area contributed by atoms with Crippen molar-refractivity contribution in [3.63, 3.8) is 0 Å². The molecule has 0 spiro atoms. The molecule has 92 valence electrons. The highest BCUT2D eigenvalue weighted by Gasteiger charge is 2.33. The smallest absolute Gasteiger partial charge is 0.273 e. The molecule has 1 aliphatic heterocycles. The third-order valence-corrected chi connectivity index (χ3v) is 3.23. The van der Waals surface area contributed by atoms with Crippen LogP contribution in [0.4, 0.5) is 4.79 Å². The second-order valence-electron chi connectivity index (χ2n) is 3.70. The fourth-order valence-corrected chi connectivity index (χ4v) is 1.89. The molecule has 0 saturated carbocycles. The number of imide groups is 2. The minimum absolute atomic E-state index is 0.0657. The lowest BCUT2D eigenvalue weighted by Crippen LogP contribution is -2.52. The topological polar surface area (TPSA) is 66.5 Å². The van der Waals surface area contributed by atoms with Crippen molar-refractivity contribution in [2.75, 3.05) is 7.05 Å². The molecule has 0 aromatic heterocycles. The number of barbiturate groups is 1. The zero-order valence-corrected chi connectivity index (χ0v) is 11.0. The minimum atomic E-state index is -0.714. The maximum atomic E-state index is 11.8. The Balaban J connectivity index is 2.44. The molecule has 2 rings (SSSR count). The average molecular weight is 309 g/mol. The van der Waals surface area contributed by atoms with Crippen LogP contribution >= 0.6 is 15.9 Å². The lowest BCUT2D eigenvalue weighted by Gasteiger charge is -2.22. The number of benzene rings is 1. The van der Waals surface area contributed by atoms with Crippen molar-refractivity contribution in [1.29, 1.82) is 0 Å². The summed E-state index contributed by atoms with van der Waals surface area (Å²) < 4.78 is 0.762. The van der Waals surface area contributed by atoms with E-state index in [2.05, 4.69) is 21.2 Å². The van der Waals surface area contributed by atoms with E-state index in [0.717, 1.165) is 9.37 Å². The molecule has 1 saturated heterocycles. The molecule has 0 aliphatic carbocycles. The van der Waals surface area contributed by atoms with Crippen molar-refractivity contribution in [3.05, 3.63) is 39.9 Å². The van der Waals surface area contributed by atoms with E-state index in [1.54, 1.807) is 18.2 Å². The molecule has 6 heteroatoms. The fraction of sp³-hybridized carbons (Fsp3) is 0.0833. The molecule has 18 heavy (non-hydrogen) atoms. The summed E-state index contributed by atoms with van der Waals surface area (Å²) in [6.45, 7) is 0. The quantitative estimate of drug-likeness (QED) is 0.632. The molecule has 0 bridgehead atoms. The van der Waals surface area contributed by atoms with Gasteiger partial charge in [0.25, 0.3) is 11.8 Å². The molecule has 4 amide bonds. The Morgan fingerprint density at radius 3 is 2.56 bits per heavy atom. The molecular formula is C12H9BrN2O3. The van der Waals surface area contributed by atoms with Crippen LogP contribution in [0.25, 0.3) is 6.08 Å². The van der Waals surface area contributed by atoms with Crippen LogP contribution in [0, 0.1) is 0 Å². The van der Waals surface area contributed by atoms with E-state index in [4.69, 9.17) is 0 Å². The standard InChI is InChI=1S/C12H9BrN2O3/c1-15-11(17)8(10(16)14-12(15)18)6-7-4-2-3-5-9(7)13/h2-6H,1H3,(H,14,16,18). The monoisotopic (exact) mass is 308 g/mol. The molecule has 5 nitrogen and oxygen atoms in total. The first-order valence-corrected chi connectivity index (χ1v) is 5.89. The van der Waals surface area contributed by atoms with Crippen molar-refractivity contribution in [2.45, 2.75) is 0 Å².